The molecule has 0 radical (unpaired) electrons. The summed E-state index contributed by atoms with van der Waals surface area (Å²) in [6.07, 6.45) is 3.01. The van der Waals surface area contributed by atoms with Crippen molar-refractivity contribution < 1.29 is 23.9 Å². The van der Waals surface area contributed by atoms with Gasteiger partial charge in [0.15, 0.2) is 12.1 Å². The molecule has 1 aromatic rings. The zero-order chi connectivity index (χ0) is 17.1. The third kappa shape index (κ3) is 2.12. The lowest BCUT2D eigenvalue weighted by Crippen LogP contribution is -2.43. The Bertz CT molecular complexity index is 725. The highest BCUT2D eigenvalue weighted by Crippen LogP contribution is 2.45. The van der Waals surface area contributed by atoms with Crippen LogP contribution in [0.3, 0.4) is 0 Å². The number of hydrogen-bond donors (Lipinski definition) is 1. The average Bonchev–Trinajstić information content (AvgIpc) is 3.03. The van der Waals surface area contributed by atoms with Crippen LogP contribution in [0.15, 0.2) is 10.8 Å². The summed E-state index contributed by atoms with van der Waals surface area (Å²) in [6, 6.07) is 0. The number of amides is 2. The molecule has 3 fully saturated rings. The lowest BCUT2D eigenvalue weighted by Gasteiger charge is -2.25. The molecule has 2 amide bonds. The Morgan fingerprint density at radius 3 is 2.46 bits per heavy atom. The van der Waals surface area contributed by atoms with Crippen LogP contribution in [0, 0.1) is 24.2 Å². The molecular weight excluding hydrogens is 314 g/mol. The summed E-state index contributed by atoms with van der Waals surface area (Å²) in [5.41, 5.74) is -0.848. The third-order valence-electron chi connectivity index (χ3n) is 5.51. The molecule has 3 aliphatic rings. The first-order valence-electron chi connectivity index (χ1n) is 8.14. The minimum atomic E-state index is -1.07. The molecule has 0 unspecified atom stereocenters. The molecule has 1 saturated carbocycles. The molecule has 0 bridgehead atoms. The predicted molar refractivity (Wildman–Crippen MR) is 80.0 cm³/mol. The Morgan fingerprint density at radius 2 is 1.92 bits per heavy atom. The number of hydrogen-bond acceptors (Lipinski definition) is 5. The van der Waals surface area contributed by atoms with Gasteiger partial charge >= 0.3 is 5.97 Å². The van der Waals surface area contributed by atoms with Gasteiger partial charge in [-0.2, -0.15) is 0 Å². The Hall–Kier alpha value is -2.38. The van der Waals surface area contributed by atoms with Gasteiger partial charge < -0.3 is 19.3 Å². The van der Waals surface area contributed by atoms with Crippen molar-refractivity contribution in [1.82, 2.24) is 14.8 Å². The summed E-state index contributed by atoms with van der Waals surface area (Å²) < 4.78 is 5.07. The number of carbonyl (C=O) groups is 3. The SMILES string of the molecule is Cc1ocnc1C(=O)N1C[C@@H]2CN(C(=O)C3CC3)C[C@]2(C(=O)O)C1. The molecule has 1 aromatic heterocycles. The van der Waals surface area contributed by atoms with Gasteiger partial charge in [-0.05, 0) is 19.8 Å². The highest BCUT2D eigenvalue weighted by Gasteiger charge is 2.60. The second-order valence-corrected chi connectivity index (χ2v) is 7.09. The smallest absolute Gasteiger partial charge is 0.313 e. The molecule has 0 spiro atoms. The van der Waals surface area contributed by atoms with Crippen LogP contribution in [0.5, 0.6) is 0 Å². The van der Waals surface area contributed by atoms with Gasteiger partial charge in [0.1, 0.15) is 11.2 Å². The van der Waals surface area contributed by atoms with E-state index in [4.69, 9.17) is 4.42 Å². The standard InChI is InChI=1S/C16H19N3O5/c1-9-12(17-8-24-9)14(21)19-5-11-4-18(13(20)10-2-3-10)6-16(11,7-19)15(22)23/h8,10-11H,2-7H2,1H3,(H,22,23)/t11-,16-/m0/s1. The van der Waals surface area contributed by atoms with E-state index >= 15 is 0 Å². The van der Waals surface area contributed by atoms with Gasteiger partial charge in [-0.1, -0.05) is 0 Å². The number of fused-ring (bicyclic) bond motifs is 1. The van der Waals surface area contributed by atoms with Crippen LogP contribution in [0.4, 0.5) is 0 Å². The number of aromatic nitrogens is 1. The average molecular weight is 333 g/mol. The molecule has 3 heterocycles. The first-order chi connectivity index (χ1) is 11.4. The summed E-state index contributed by atoms with van der Waals surface area (Å²) >= 11 is 0. The maximum Gasteiger partial charge on any atom is 0.313 e. The summed E-state index contributed by atoms with van der Waals surface area (Å²) in [4.78, 5) is 44.0. The number of carboxylic acids is 1. The molecule has 2 saturated heterocycles. The molecule has 128 valence electrons. The summed E-state index contributed by atoms with van der Waals surface area (Å²) in [5, 5.41) is 9.80. The Morgan fingerprint density at radius 1 is 1.25 bits per heavy atom. The van der Waals surface area contributed by atoms with E-state index in [0.29, 0.717) is 18.8 Å². The number of aliphatic carboxylic acids is 1. The number of aryl methyl sites for hydroxylation is 1. The van der Waals surface area contributed by atoms with E-state index in [1.807, 2.05) is 0 Å². The fraction of sp³-hybridized carbons (Fsp3) is 0.625. The van der Waals surface area contributed by atoms with Crippen molar-refractivity contribution in [3.05, 3.63) is 17.8 Å². The van der Waals surface area contributed by atoms with Crippen molar-refractivity contribution in [3.63, 3.8) is 0 Å². The van der Waals surface area contributed by atoms with Crippen molar-refractivity contribution in [2.24, 2.45) is 17.3 Å². The highest BCUT2D eigenvalue weighted by atomic mass is 16.4. The number of rotatable bonds is 3. The van der Waals surface area contributed by atoms with Crippen LogP contribution in [-0.2, 0) is 9.59 Å². The van der Waals surface area contributed by atoms with E-state index in [-0.39, 0.29) is 42.4 Å². The van der Waals surface area contributed by atoms with Crippen molar-refractivity contribution in [1.29, 1.82) is 0 Å². The monoisotopic (exact) mass is 333 g/mol. The molecule has 2 atom stereocenters. The van der Waals surface area contributed by atoms with Gasteiger partial charge in [0.2, 0.25) is 5.91 Å². The molecule has 1 aliphatic carbocycles. The van der Waals surface area contributed by atoms with E-state index in [0.717, 1.165) is 12.8 Å². The van der Waals surface area contributed by atoms with E-state index in [1.165, 1.54) is 11.3 Å². The zero-order valence-electron chi connectivity index (χ0n) is 13.4. The molecule has 2 aliphatic heterocycles. The highest BCUT2D eigenvalue weighted by molar-refractivity contribution is 5.94. The van der Waals surface area contributed by atoms with Crippen LogP contribution in [-0.4, -0.2) is 63.9 Å². The van der Waals surface area contributed by atoms with Gasteiger partial charge in [0, 0.05) is 38.0 Å². The lowest BCUT2D eigenvalue weighted by atomic mass is 9.81. The van der Waals surface area contributed by atoms with Crippen LogP contribution < -0.4 is 0 Å². The fourth-order valence-electron chi connectivity index (χ4n) is 3.94. The number of likely N-dealkylation sites (tertiary alicyclic amines) is 2. The number of nitrogens with zero attached hydrogens (tertiary/aromatic N) is 3. The van der Waals surface area contributed by atoms with E-state index < -0.39 is 11.4 Å². The topological polar surface area (TPSA) is 104 Å². The number of oxazole rings is 1. The van der Waals surface area contributed by atoms with E-state index in [1.54, 1.807) is 11.8 Å². The van der Waals surface area contributed by atoms with Crippen molar-refractivity contribution in [3.8, 4) is 0 Å². The molecule has 8 heteroatoms. The zero-order valence-corrected chi connectivity index (χ0v) is 13.4. The Balaban J connectivity index is 1.55. The molecular formula is C16H19N3O5. The molecule has 24 heavy (non-hydrogen) atoms. The normalized spacial score (nSPS) is 29.0. The van der Waals surface area contributed by atoms with Crippen LogP contribution >= 0.6 is 0 Å². The van der Waals surface area contributed by atoms with Gasteiger partial charge in [0.05, 0.1) is 0 Å². The molecule has 0 aromatic carbocycles. The predicted octanol–water partition coefficient (Wildman–Crippen LogP) is 0.378. The summed E-state index contributed by atoms with van der Waals surface area (Å²) in [6.45, 7) is 2.67. The van der Waals surface area contributed by atoms with Crippen molar-refractivity contribution >= 4 is 17.8 Å². The fourth-order valence-corrected chi connectivity index (χ4v) is 3.94. The minimum Gasteiger partial charge on any atom is -0.481 e. The quantitative estimate of drug-likeness (QED) is 0.857. The van der Waals surface area contributed by atoms with E-state index in [2.05, 4.69) is 4.98 Å². The van der Waals surface area contributed by atoms with E-state index in [9.17, 15) is 19.5 Å². The van der Waals surface area contributed by atoms with Gasteiger partial charge in [-0.25, -0.2) is 4.98 Å². The second kappa shape index (κ2) is 5.06. The summed E-state index contributed by atoms with van der Waals surface area (Å²) in [5.74, 6) is -0.927. The molecule has 4 rings (SSSR count). The van der Waals surface area contributed by atoms with Crippen LogP contribution in [0.25, 0.3) is 0 Å². The first kappa shape index (κ1) is 15.2. The summed E-state index contributed by atoms with van der Waals surface area (Å²) in [7, 11) is 0. The largest absolute Gasteiger partial charge is 0.481 e. The Kier molecular flexibility index (Phi) is 3.20. The van der Waals surface area contributed by atoms with Crippen LogP contribution in [0.1, 0.15) is 29.1 Å². The van der Waals surface area contributed by atoms with Gasteiger partial charge in [-0.15, -0.1) is 0 Å². The second-order valence-electron chi connectivity index (χ2n) is 7.09. The minimum absolute atomic E-state index is 0.0650. The maximum absolute atomic E-state index is 12.6. The van der Waals surface area contributed by atoms with Crippen molar-refractivity contribution in [2.75, 3.05) is 26.2 Å². The molecule has 8 nitrogen and oxygen atoms in total. The van der Waals surface area contributed by atoms with Crippen LogP contribution in [0.2, 0.25) is 0 Å². The maximum atomic E-state index is 12.6. The third-order valence-corrected chi connectivity index (χ3v) is 5.51. The van der Waals surface area contributed by atoms with Gasteiger partial charge in [0.25, 0.3) is 5.91 Å². The lowest BCUT2D eigenvalue weighted by molar-refractivity contribution is -0.149. The first-order valence-corrected chi connectivity index (χ1v) is 8.14. The Labute approximate surface area is 138 Å². The van der Waals surface area contributed by atoms with Gasteiger partial charge in [-0.3, -0.25) is 14.4 Å². The number of carboxylic acid groups (broad SMARTS) is 1. The van der Waals surface area contributed by atoms with Crippen molar-refractivity contribution in [2.45, 2.75) is 19.8 Å². The molecule has 1 N–H and O–H groups in total. The number of carbonyl (C=O) groups excluding carboxylic acids is 2.